The van der Waals surface area contributed by atoms with Crippen molar-refractivity contribution in [1.29, 1.82) is 0 Å². The molecule has 0 fully saturated rings. The van der Waals surface area contributed by atoms with Crippen LogP contribution in [0, 0.1) is 10.1 Å². The molecule has 0 saturated carbocycles. The molecule has 0 atom stereocenters. The van der Waals surface area contributed by atoms with Gasteiger partial charge in [-0.25, -0.2) is 0 Å². The van der Waals surface area contributed by atoms with E-state index in [4.69, 9.17) is 4.74 Å². The van der Waals surface area contributed by atoms with Gasteiger partial charge in [0.25, 0.3) is 5.69 Å². The number of methoxy groups -OCH3 is 1. The number of phenolic OH excluding ortho intramolecular Hbond substituents is 1. The molecule has 0 amide bonds. The Morgan fingerprint density at radius 1 is 1.33 bits per heavy atom. The number of rotatable bonds is 5. The maximum atomic E-state index is 10.7. The molecule has 7 nitrogen and oxygen atoms in total. The maximum absolute atomic E-state index is 10.7. The van der Waals surface area contributed by atoms with Crippen molar-refractivity contribution in [2.24, 2.45) is 5.10 Å². The van der Waals surface area contributed by atoms with E-state index in [1.54, 1.807) is 30.3 Å². The number of aromatic hydroxyl groups is 1. The molecule has 0 unspecified atom stereocenters. The Morgan fingerprint density at radius 2 is 2.10 bits per heavy atom. The minimum absolute atomic E-state index is 0.0235. The second-order valence-corrected chi connectivity index (χ2v) is 4.08. The highest BCUT2D eigenvalue weighted by Gasteiger charge is 2.06. The molecule has 0 aliphatic heterocycles. The number of anilines is 1. The van der Waals surface area contributed by atoms with Crippen molar-refractivity contribution in [2.75, 3.05) is 12.5 Å². The van der Waals surface area contributed by atoms with Gasteiger partial charge in [0.05, 0.1) is 23.9 Å². The summed E-state index contributed by atoms with van der Waals surface area (Å²) in [6, 6.07) is 11.0. The topological polar surface area (TPSA) is 97.0 Å². The molecular formula is C14H13N3O4. The summed E-state index contributed by atoms with van der Waals surface area (Å²) in [7, 11) is 1.46. The number of nitro benzene ring substituents is 1. The number of hydrazone groups is 1. The van der Waals surface area contributed by atoms with Crippen LogP contribution in [0.25, 0.3) is 0 Å². The summed E-state index contributed by atoms with van der Waals surface area (Å²) < 4.78 is 4.99. The predicted molar refractivity (Wildman–Crippen MR) is 79.0 cm³/mol. The lowest BCUT2D eigenvalue weighted by Crippen LogP contribution is -1.94. The van der Waals surface area contributed by atoms with Crippen LogP contribution in [0.1, 0.15) is 5.56 Å². The molecule has 0 heterocycles. The number of nitro groups is 1. The lowest BCUT2D eigenvalue weighted by molar-refractivity contribution is -0.384. The number of non-ortho nitro benzene ring substituents is 1. The van der Waals surface area contributed by atoms with Gasteiger partial charge in [-0.1, -0.05) is 12.1 Å². The van der Waals surface area contributed by atoms with Gasteiger partial charge in [-0.05, 0) is 18.2 Å². The van der Waals surface area contributed by atoms with Gasteiger partial charge in [-0.2, -0.15) is 5.10 Å². The largest absolute Gasteiger partial charge is 0.504 e. The van der Waals surface area contributed by atoms with E-state index in [9.17, 15) is 15.2 Å². The van der Waals surface area contributed by atoms with Gasteiger partial charge in [0.2, 0.25) is 0 Å². The van der Waals surface area contributed by atoms with Gasteiger partial charge in [-0.3, -0.25) is 15.5 Å². The van der Waals surface area contributed by atoms with Gasteiger partial charge < -0.3 is 9.84 Å². The van der Waals surface area contributed by atoms with Crippen LogP contribution < -0.4 is 10.2 Å². The Bertz CT molecular complexity index is 686. The molecule has 2 aromatic rings. The van der Waals surface area contributed by atoms with Gasteiger partial charge in [-0.15, -0.1) is 0 Å². The zero-order valence-electron chi connectivity index (χ0n) is 11.2. The third kappa shape index (κ3) is 3.47. The molecule has 0 radical (unpaired) electrons. The van der Waals surface area contributed by atoms with Crippen molar-refractivity contribution in [3.63, 3.8) is 0 Å². The molecule has 0 bridgehead atoms. The number of para-hydroxylation sites is 1. The van der Waals surface area contributed by atoms with E-state index in [-0.39, 0.29) is 11.4 Å². The molecule has 7 heteroatoms. The quantitative estimate of drug-likeness (QED) is 0.500. The third-order valence-corrected chi connectivity index (χ3v) is 2.70. The van der Waals surface area contributed by atoms with Crippen LogP contribution in [-0.4, -0.2) is 23.4 Å². The van der Waals surface area contributed by atoms with Crippen LogP contribution in [0.3, 0.4) is 0 Å². The van der Waals surface area contributed by atoms with Crippen molar-refractivity contribution in [1.82, 2.24) is 0 Å². The molecule has 0 spiro atoms. The Labute approximate surface area is 120 Å². The number of hydrogen-bond acceptors (Lipinski definition) is 6. The van der Waals surface area contributed by atoms with E-state index in [0.717, 1.165) is 0 Å². The molecule has 0 saturated heterocycles. The van der Waals surface area contributed by atoms with E-state index in [0.29, 0.717) is 17.0 Å². The maximum Gasteiger partial charge on any atom is 0.271 e. The summed E-state index contributed by atoms with van der Waals surface area (Å²) in [4.78, 5) is 10.2. The highest BCUT2D eigenvalue weighted by molar-refractivity contribution is 5.85. The predicted octanol–water partition coefficient (Wildman–Crippen LogP) is 2.76. The Hall–Kier alpha value is -3.09. The van der Waals surface area contributed by atoms with E-state index >= 15 is 0 Å². The van der Waals surface area contributed by atoms with Crippen LogP contribution >= 0.6 is 0 Å². The molecule has 2 N–H and O–H groups in total. The van der Waals surface area contributed by atoms with E-state index in [1.807, 2.05) is 0 Å². The molecular weight excluding hydrogens is 274 g/mol. The van der Waals surface area contributed by atoms with Crippen molar-refractivity contribution < 1.29 is 14.8 Å². The first-order chi connectivity index (χ1) is 10.1. The SMILES string of the molecule is COc1cccc(C=NNc2cccc([N+](=O)[O-])c2)c1O. The third-order valence-electron chi connectivity index (χ3n) is 2.70. The van der Waals surface area contributed by atoms with Crippen molar-refractivity contribution in [2.45, 2.75) is 0 Å². The lowest BCUT2D eigenvalue weighted by atomic mass is 10.2. The van der Waals surface area contributed by atoms with Gasteiger partial charge >= 0.3 is 0 Å². The summed E-state index contributed by atoms with van der Waals surface area (Å²) in [5, 5.41) is 24.5. The summed E-state index contributed by atoms with van der Waals surface area (Å²) >= 11 is 0. The molecule has 0 aliphatic rings. The fourth-order valence-electron chi connectivity index (χ4n) is 1.67. The fraction of sp³-hybridized carbons (Fsp3) is 0.0714. The summed E-state index contributed by atoms with van der Waals surface area (Å²) in [6.45, 7) is 0. The first-order valence-electron chi connectivity index (χ1n) is 6.01. The first-order valence-corrected chi connectivity index (χ1v) is 6.01. The zero-order valence-corrected chi connectivity index (χ0v) is 11.2. The van der Waals surface area contributed by atoms with Gasteiger partial charge in [0, 0.05) is 17.7 Å². The van der Waals surface area contributed by atoms with Crippen LogP contribution in [-0.2, 0) is 0 Å². The minimum Gasteiger partial charge on any atom is -0.504 e. The summed E-state index contributed by atoms with van der Waals surface area (Å²) in [5.74, 6) is 0.318. The molecule has 21 heavy (non-hydrogen) atoms. The van der Waals surface area contributed by atoms with E-state index in [1.165, 1.54) is 25.5 Å². The normalized spacial score (nSPS) is 10.5. The lowest BCUT2D eigenvalue weighted by Gasteiger charge is -2.05. The second kappa shape index (κ2) is 6.38. The summed E-state index contributed by atoms with van der Waals surface area (Å²) in [6.07, 6.45) is 1.40. The van der Waals surface area contributed by atoms with Gasteiger partial charge in [0.15, 0.2) is 11.5 Å². The Kier molecular flexibility index (Phi) is 4.35. The average Bonchev–Trinajstić information content (AvgIpc) is 2.49. The Morgan fingerprint density at radius 3 is 2.81 bits per heavy atom. The number of ether oxygens (including phenoxy) is 1. The number of hydrogen-bond donors (Lipinski definition) is 2. The zero-order chi connectivity index (χ0) is 15.2. The van der Waals surface area contributed by atoms with E-state index in [2.05, 4.69) is 10.5 Å². The average molecular weight is 287 g/mol. The number of phenols is 1. The first kappa shape index (κ1) is 14.3. The molecule has 0 aromatic heterocycles. The smallest absolute Gasteiger partial charge is 0.271 e. The van der Waals surface area contributed by atoms with Gasteiger partial charge in [0.1, 0.15) is 0 Å². The molecule has 2 aromatic carbocycles. The number of nitrogens with zero attached hydrogens (tertiary/aromatic N) is 2. The van der Waals surface area contributed by atoms with Crippen LogP contribution in [0.5, 0.6) is 11.5 Å². The number of benzene rings is 2. The van der Waals surface area contributed by atoms with Crippen LogP contribution in [0.2, 0.25) is 0 Å². The monoisotopic (exact) mass is 287 g/mol. The number of nitrogens with one attached hydrogen (secondary N) is 1. The molecule has 2 rings (SSSR count). The highest BCUT2D eigenvalue weighted by atomic mass is 16.6. The highest BCUT2D eigenvalue weighted by Crippen LogP contribution is 2.28. The van der Waals surface area contributed by atoms with E-state index < -0.39 is 4.92 Å². The molecule has 108 valence electrons. The van der Waals surface area contributed by atoms with Crippen molar-refractivity contribution in [3.05, 3.63) is 58.1 Å². The second-order valence-electron chi connectivity index (χ2n) is 4.08. The van der Waals surface area contributed by atoms with Crippen molar-refractivity contribution in [3.8, 4) is 11.5 Å². The summed E-state index contributed by atoms with van der Waals surface area (Å²) in [5.41, 5.74) is 3.58. The fourth-order valence-corrected chi connectivity index (χ4v) is 1.67. The van der Waals surface area contributed by atoms with Crippen molar-refractivity contribution >= 4 is 17.6 Å². The minimum atomic E-state index is -0.483. The standard InChI is InChI=1S/C14H13N3O4/c1-21-13-7-2-4-10(14(13)18)9-15-16-11-5-3-6-12(8-11)17(19)20/h2-9,16,18H,1H3. The Balaban J connectivity index is 2.13. The van der Waals surface area contributed by atoms with Crippen LogP contribution in [0.15, 0.2) is 47.6 Å². The van der Waals surface area contributed by atoms with Crippen LogP contribution in [0.4, 0.5) is 11.4 Å². The molecule has 0 aliphatic carbocycles.